The summed E-state index contributed by atoms with van der Waals surface area (Å²) in [4.78, 5) is 49.4. The molecule has 0 fully saturated rings. The molecule has 1 heterocycles. The van der Waals surface area contributed by atoms with Crippen LogP contribution in [-0.2, 0) is 30.6 Å². The van der Waals surface area contributed by atoms with E-state index in [-0.39, 0.29) is 13.1 Å². The van der Waals surface area contributed by atoms with Crippen molar-refractivity contribution in [2.75, 3.05) is 5.32 Å². The number of allylic oxidation sites excluding steroid dienone is 2. The number of amides is 1. The highest BCUT2D eigenvalue weighted by atomic mass is 19.4. The van der Waals surface area contributed by atoms with Gasteiger partial charge in [0.05, 0.1) is 24.3 Å². The molecule has 0 saturated heterocycles. The standard InChI is InChI=1S/C18H17F3N4O4/c1-3-9-23-15(27)24(10-4-2)17(29)25(16(23)28)11-14(26)22-13-8-6-5-7-12(13)18(19,20)21/h3-8H,1-2,9-11H2,(H,22,26). The van der Waals surface area contributed by atoms with Gasteiger partial charge >= 0.3 is 23.2 Å². The predicted molar refractivity (Wildman–Crippen MR) is 99.7 cm³/mol. The highest BCUT2D eigenvalue weighted by molar-refractivity contribution is 5.91. The van der Waals surface area contributed by atoms with Crippen molar-refractivity contribution in [3.05, 3.63) is 86.6 Å². The van der Waals surface area contributed by atoms with Crippen LogP contribution in [0.3, 0.4) is 0 Å². The molecule has 0 radical (unpaired) electrons. The minimum Gasteiger partial charge on any atom is -0.324 e. The Morgan fingerprint density at radius 3 is 1.90 bits per heavy atom. The molecule has 0 aliphatic carbocycles. The van der Waals surface area contributed by atoms with Crippen molar-refractivity contribution in [1.29, 1.82) is 0 Å². The molecule has 2 aromatic rings. The molecule has 1 amide bonds. The van der Waals surface area contributed by atoms with Gasteiger partial charge in [0.2, 0.25) is 5.91 Å². The molecule has 0 spiro atoms. The third-order valence-electron chi connectivity index (χ3n) is 3.82. The van der Waals surface area contributed by atoms with Crippen molar-refractivity contribution in [2.24, 2.45) is 0 Å². The van der Waals surface area contributed by atoms with Gasteiger partial charge in [0.25, 0.3) is 0 Å². The summed E-state index contributed by atoms with van der Waals surface area (Å²) in [6.07, 6.45) is -2.22. The number of carbonyl (C=O) groups excluding carboxylic acids is 1. The van der Waals surface area contributed by atoms with Crippen LogP contribution < -0.4 is 22.4 Å². The summed E-state index contributed by atoms with van der Waals surface area (Å²) in [6.45, 7) is 5.48. The summed E-state index contributed by atoms with van der Waals surface area (Å²) >= 11 is 0. The normalized spacial score (nSPS) is 11.1. The predicted octanol–water partition coefficient (Wildman–Crippen LogP) is 1.20. The van der Waals surface area contributed by atoms with Crippen LogP contribution in [0.15, 0.2) is 64.0 Å². The lowest BCUT2D eigenvalue weighted by Gasteiger charge is -2.15. The van der Waals surface area contributed by atoms with Crippen molar-refractivity contribution in [3.8, 4) is 0 Å². The molecule has 2 rings (SSSR count). The summed E-state index contributed by atoms with van der Waals surface area (Å²) in [5.41, 5.74) is -4.69. The molecule has 1 aromatic heterocycles. The molecule has 1 N–H and O–H groups in total. The molecule has 29 heavy (non-hydrogen) atoms. The van der Waals surface area contributed by atoms with Gasteiger partial charge in [0, 0.05) is 0 Å². The molecule has 0 aliphatic rings. The highest BCUT2D eigenvalue weighted by Crippen LogP contribution is 2.34. The van der Waals surface area contributed by atoms with Crippen molar-refractivity contribution in [2.45, 2.75) is 25.8 Å². The Labute approximate surface area is 161 Å². The van der Waals surface area contributed by atoms with Gasteiger partial charge in [-0.1, -0.05) is 24.3 Å². The van der Waals surface area contributed by atoms with Crippen LogP contribution in [0.5, 0.6) is 0 Å². The number of benzene rings is 1. The third-order valence-corrected chi connectivity index (χ3v) is 3.82. The molecular formula is C18H17F3N4O4. The molecule has 0 atom stereocenters. The molecule has 154 valence electrons. The fourth-order valence-corrected chi connectivity index (χ4v) is 2.56. The summed E-state index contributed by atoms with van der Waals surface area (Å²) in [6, 6.07) is 4.27. The Hall–Kier alpha value is -3.63. The van der Waals surface area contributed by atoms with E-state index in [1.54, 1.807) is 0 Å². The second-order valence-electron chi connectivity index (χ2n) is 5.82. The van der Waals surface area contributed by atoms with E-state index >= 15 is 0 Å². The van der Waals surface area contributed by atoms with E-state index in [1.807, 2.05) is 5.32 Å². The van der Waals surface area contributed by atoms with E-state index in [9.17, 15) is 32.3 Å². The highest BCUT2D eigenvalue weighted by Gasteiger charge is 2.33. The fourth-order valence-electron chi connectivity index (χ4n) is 2.56. The number of anilines is 1. The van der Waals surface area contributed by atoms with Gasteiger partial charge < -0.3 is 5.32 Å². The maximum absolute atomic E-state index is 13.1. The maximum atomic E-state index is 13.1. The molecule has 0 aliphatic heterocycles. The zero-order valence-electron chi connectivity index (χ0n) is 15.1. The van der Waals surface area contributed by atoms with Gasteiger partial charge in [-0.3, -0.25) is 4.79 Å². The first-order valence-corrected chi connectivity index (χ1v) is 8.24. The second-order valence-corrected chi connectivity index (χ2v) is 5.82. The molecule has 11 heteroatoms. The third kappa shape index (κ3) is 4.62. The molecule has 0 saturated carbocycles. The van der Waals surface area contributed by atoms with E-state index in [1.165, 1.54) is 18.2 Å². The van der Waals surface area contributed by atoms with Gasteiger partial charge in [-0.15, -0.1) is 13.2 Å². The lowest BCUT2D eigenvalue weighted by molar-refractivity contribution is -0.137. The van der Waals surface area contributed by atoms with E-state index in [2.05, 4.69) is 13.2 Å². The number of aromatic nitrogens is 3. The summed E-state index contributed by atoms with van der Waals surface area (Å²) < 4.78 is 41.0. The smallest absolute Gasteiger partial charge is 0.324 e. The summed E-state index contributed by atoms with van der Waals surface area (Å²) in [5, 5.41) is 2.04. The van der Waals surface area contributed by atoms with Crippen LogP contribution in [0.1, 0.15) is 5.56 Å². The quantitative estimate of drug-likeness (QED) is 0.694. The van der Waals surface area contributed by atoms with Gasteiger partial charge in [-0.25, -0.2) is 28.1 Å². The Balaban J connectivity index is 2.47. The van der Waals surface area contributed by atoms with Crippen LogP contribution in [0.4, 0.5) is 18.9 Å². The minimum absolute atomic E-state index is 0.229. The van der Waals surface area contributed by atoms with Crippen LogP contribution >= 0.6 is 0 Å². The number of hydrogen-bond donors (Lipinski definition) is 1. The molecular weight excluding hydrogens is 393 g/mol. The minimum atomic E-state index is -4.71. The van der Waals surface area contributed by atoms with E-state index < -0.39 is 46.9 Å². The zero-order valence-corrected chi connectivity index (χ0v) is 15.1. The lowest BCUT2D eigenvalue weighted by Crippen LogP contribution is -2.55. The Morgan fingerprint density at radius 1 is 0.931 bits per heavy atom. The van der Waals surface area contributed by atoms with Gasteiger partial charge in [-0.05, 0) is 12.1 Å². The maximum Gasteiger partial charge on any atom is 0.418 e. The number of para-hydroxylation sites is 1. The van der Waals surface area contributed by atoms with Crippen molar-refractivity contribution in [3.63, 3.8) is 0 Å². The van der Waals surface area contributed by atoms with E-state index in [0.717, 1.165) is 18.2 Å². The Bertz CT molecular complexity index is 1080. The van der Waals surface area contributed by atoms with Crippen LogP contribution in [0.25, 0.3) is 0 Å². The first-order valence-electron chi connectivity index (χ1n) is 8.24. The average Bonchev–Trinajstić information content (AvgIpc) is 2.65. The van der Waals surface area contributed by atoms with E-state index in [4.69, 9.17) is 0 Å². The number of nitrogens with one attached hydrogen (secondary N) is 1. The number of halogens is 3. The molecule has 8 nitrogen and oxygen atoms in total. The van der Waals surface area contributed by atoms with Crippen LogP contribution in [0, 0.1) is 0 Å². The van der Waals surface area contributed by atoms with Crippen molar-refractivity contribution >= 4 is 11.6 Å². The largest absolute Gasteiger partial charge is 0.418 e. The average molecular weight is 410 g/mol. The topological polar surface area (TPSA) is 95.1 Å². The Morgan fingerprint density at radius 2 is 1.41 bits per heavy atom. The van der Waals surface area contributed by atoms with Gasteiger partial charge in [0.15, 0.2) is 0 Å². The lowest BCUT2D eigenvalue weighted by atomic mass is 10.1. The van der Waals surface area contributed by atoms with Crippen molar-refractivity contribution < 1.29 is 18.0 Å². The van der Waals surface area contributed by atoms with Crippen LogP contribution in [0.2, 0.25) is 0 Å². The number of rotatable bonds is 7. The fraction of sp³-hybridized carbons (Fsp3) is 0.222. The monoisotopic (exact) mass is 410 g/mol. The molecule has 0 unspecified atom stereocenters. The number of alkyl halides is 3. The SMILES string of the molecule is C=CCn1c(=O)n(CC=C)c(=O)n(CC(=O)Nc2ccccc2C(F)(F)F)c1=O. The zero-order chi connectivity index (χ0) is 21.8. The van der Waals surface area contributed by atoms with Crippen molar-refractivity contribution in [1.82, 2.24) is 13.7 Å². The summed E-state index contributed by atoms with van der Waals surface area (Å²) in [7, 11) is 0. The van der Waals surface area contributed by atoms with Gasteiger partial charge in [0.1, 0.15) is 6.54 Å². The van der Waals surface area contributed by atoms with Crippen LogP contribution in [-0.4, -0.2) is 19.6 Å². The number of carbonyl (C=O) groups is 1. The molecule has 0 bridgehead atoms. The molecule has 1 aromatic carbocycles. The Kier molecular flexibility index (Phi) is 6.42. The van der Waals surface area contributed by atoms with E-state index in [0.29, 0.717) is 13.7 Å². The first kappa shape index (κ1) is 21.7. The van der Waals surface area contributed by atoms with Gasteiger partial charge in [-0.2, -0.15) is 13.2 Å². The number of hydrogen-bond acceptors (Lipinski definition) is 4. The summed E-state index contributed by atoms with van der Waals surface area (Å²) in [5.74, 6) is -1.05. The second kappa shape index (κ2) is 8.59. The number of nitrogens with zero attached hydrogens (tertiary/aromatic N) is 3. The first-order chi connectivity index (χ1) is 13.6.